The van der Waals surface area contributed by atoms with Crippen LogP contribution in [0.15, 0.2) is 54.9 Å². The maximum Gasteiger partial charge on any atom is 0.328 e. The average molecular weight is 377 g/mol. The monoisotopic (exact) mass is 377 g/mol. The number of nitrogens with zero attached hydrogens (tertiary/aromatic N) is 5. The van der Waals surface area contributed by atoms with Crippen LogP contribution in [0.2, 0.25) is 0 Å². The zero-order valence-corrected chi connectivity index (χ0v) is 16.6. The smallest absolute Gasteiger partial charge is 0.328 e. The molecule has 3 aromatic rings. The van der Waals surface area contributed by atoms with Crippen molar-refractivity contribution < 1.29 is 4.79 Å². The minimum Gasteiger partial charge on any atom is -0.369 e. The van der Waals surface area contributed by atoms with Crippen LogP contribution in [0.5, 0.6) is 0 Å². The molecule has 1 aliphatic heterocycles. The number of aromatic nitrogens is 2. The van der Waals surface area contributed by atoms with E-state index in [0.29, 0.717) is 13.1 Å². The quantitative estimate of drug-likeness (QED) is 0.696. The lowest BCUT2D eigenvalue weighted by Gasteiger charge is -2.37. The van der Waals surface area contributed by atoms with E-state index in [1.54, 1.807) is 4.57 Å². The Balaban J connectivity index is 1.49. The summed E-state index contributed by atoms with van der Waals surface area (Å²) in [6.45, 7) is 9.20. The molecule has 0 aliphatic carbocycles. The molecule has 4 rings (SSSR count). The molecule has 0 atom stereocenters. The third kappa shape index (κ3) is 3.30. The maximum absolute atomic E-state index is 13.0. The molecule has 28 heavy (non-hydrogen) atoms. The Labute approximate surface area is 166 Å². The zero-order valence-electron chi connectivity index (χ0n) is 16.6. The van der Waals surface area contributed by atoms with Gasteiger partial charge < -0.3 is 14.7 Å². The van der Waals surface area contributed by atoms with Crippen molar-refractivity contribution in [1.82, 2.24) is 14.5 Å². The summed E-state index contributed by atoms with van der Waals surface area (Å²) < 4.78 is 1.76. The van der Waals surface area contributed by atoms with Crippen LogP contribution in [0.25, 0.3) is 10.9 Å². The van der Waals surface area contributed by atoms with Gasteiger partial charge in [-0.15, -0.1) is 0 Å². The third-order valence-corrected chi connectivity index (χ3v) is 5.53. The van der Waals surface area contributed by atoms with Gasteiger partial charge in [0.25, 0.3) is 0 Å². The van der Waals surface area contributed by atoms with Crippen LogP contribution in [0.4, 0.5) is 16.3 Å². The Kier molecular flexibility index (Phi) is 5.19. The minimum atomic E-state index is 0.0471. The molecule has 1 amide bonds. The highest BCUT2D eigenvalue weighted by Crippen LogP contribution is 2.27. The summed E-state index contributed by atoms with van der Waals surface area (Å²) in [6.07, 6.45) is 3.72. The molecule has 1 fully saturated rings. The van der Waals surface area contributed by atoms with E-state index in [9.17, 15) is 4.79 Å². The molecule has 2 aromatic heterocycles. The number of carbonyl (C=O) groups is 1. The van der Waals surface area contributed by atoms with Gasteiger partial charge in [-0.25, -0.2) is 9.78 Å². The van der Waals surface area contributed by atoms with E-state index < -0.39 is 0 Å². The number of piperazine rings is 1. The van der Waals surface area contributed by atoms with E-state index >= 15 is 0 Å². The topological polar surface area (TPSA) is 44.6 Å². The van der Waals surface area contributed by atoms with E-state index in [0.717, 1.165) is 42.9 Å². The second-order valence-corrected chi connectivity index (χ2v) is 7.02. The van der Waals surface area contributed by atoms with Crippen molar-refractivity contribution in [3.05, 3.63) is 54.9 Å². The van der Waals surface area contributed by atoms with Crippen LogP contribution in [-0.4, -0.2) is 59.8 Å². The molecule has 0 N–H and O–H groups in total. The van der Waals surface area contributed by atoms with E-state index in [4.69, 9.17) is 0 Å². The summed E-state index contributed by atoms with van der Waals surface area (Å²) in [4.78, 5) is 24.2. The highest BCUT2D eigenvalue weighted by Gasteiger charge is 2.25. The van der Waals surface area contributed by atoms with Crippen molar-refractivity contribution >= 4 is 28.4 Å². The van der Waals surface area contributed by atoms with Gasteiger partial charge in [-0.05, 0) is 38.1 Å². The number of carbonyl (C=O) groups excluding carboxylic acids is 1. The van der Waals surface area contributed by atoms with Gasteiger partial charge in [0.2, 0.25) is 0 Å². The van der Waals surface area contributed by atoms with Gasteiger partial charge >= 0.3 is 6.03 Å². The summed E-state index contributed by atoms with van der Waals surface area (Å²) in [5, 5.41) is 1.09. The Morgan fingerprint density at radius 2 is 1.75 bits per heavy atom. The lowest BCUT2D eigenvalue weighted by atomic mass is 10.2. The van der Waals surface area contributed by atoms with Crippen LogP contribution in [0.1, 0.15) is 13.8 Å². The molecule has 6 heteroatoms. The molecule has 1 saturated heterocycles. The number of benzene rings is 1. The fraction of sp³-hybridized carbons (Fsp3) is 0.364. The fourth-order valence-electron chi connectivity index (χ4n) is 3.95. The highest BCUT2D eigenvalue weighted by molar-refractivity contribution is 5.91. The molecule has 1 aromatic carbocycles. The van der Waals surface area contributed by atoms with Crippen LogP contribution >= 0.6 is 0 Å². The molecule has 3 heterocycles. The molecule has 0 unspecified atom stereocenters. The Morgan fingerprint density at radius 1 is 1.00 bits per heavy atom. The molecule has 6 nitrogen and oxygen atoms in total. The molecular formula is C22H27N5O. The molecule has 0 saturated carbocycles. The standard InChI is InChI=1S/C22H27N5O/c1-3-24(4-2)20-10-7-12-23-21(20)25-14-16-26(17-15-25)22(28)27-13-11-18-8-5-6-9-19(18)27/h5-13H,3-4,14-17H2,1-2H3. The second-order valence-electron chi connectivity index (χ2n) is 7.02. The lowest BCUT2D eigenvalue weighted by Crippen LogP contribution is -2.50. The molecular weight excluding hydrogens is 350 g/mol. The van der Waals surface area contributed by atoms with Gasteiger partial charge in [-0.1, -0.05) is 18.2 Å². The molecule has 146 valence electrons. The lowest BCUT2D eigenvalue weighted by molar-refractivity contribution is 0.197. The number of rotatable bonds is 4. The SMILES string of the molecule is CCN(CC)c1cccnc1N1CCN(C(=O)n2ccc3ccccc32)CC1. The van der Waals surface area contributed by atoms with Gasteiger partial charge in [-0.2, -0.15) is 0 Å². The average Bonchev–Trinajstić information content (AvgIpc) is 3.19. The highest BCUT2D eigenvalue weighted by atomic mass is 16.2. The van der Waals surface area contributed by atoms with E-state index in [1.165, 1.54) is 5.69 Å². The second kappa shape index (κ2) is 7.92. The first kappa shape index (κ1) is 18.3. The number of hydrogen-bond donors (Lipinski definition) is 0. The van der Waals surface area contributed by atoms with Gasteiger partial charge in [0.05, 0.1) is 11.2 Å². The summed E-state index contributed by atoms with van der Waals surface area (Å²) in [6, 6.07) is 14.2. The van der Waals surface area contributed by atoms with Crippen LogP contribution in [0.3, 0.4) is 0 Å². The van der Waals surface area contributed by atoms with Gasteiger partial charge in [0, 0.05) is 57.0 Å². The largest absolute Gasteiger partial charge is 0.369 e. The summed E-state index contributed by atoms with van der Waals surface area (Å²) in [5.74, 6) is 1.02. The third-order valence-electron chi connectivity index (χ3n) is 5.53. The first-order chi connectivity index (χ1) is 13.7. The van der Waals surface area contributed by atoms with Crippen molar-refractivity contribution in [2.75, 3.05) is 49.1 Å². The number of hydrogen-bond acceptors (Lipinski definition) is 4. The van der Waals surface area contributed by atoms with Crippen LogP contribution in [0, 0.1) is 0 Å². The molecule has 0 radical (unpaired) electrons. The summed E-state index contributed by atoms with van der Waals surface area (Å²) in [7, 11) is 0. The van der Waals surface area contributed by atoms with Crippen molar-refractivity contribution in [2.24, 2.45) is 0 Å². The summed E-state index contributed by atoms with van der Waals surface area (Å²) in [5.41, 5.74) is 2.13. The van der Waals surface area contributed by atoms with Gasteiger partial charge in [-0.3, -0.25) is 4.57 Å². The first-order valence-electron chi connectivity index (χ1n) is 10.0. The van der Waals surface area contributed by atoms with Crippen molar-refractivity contribution in [3.8, 4) is 0 Å². The van der Waals surface area contributed by atoms with Gasteiger partial charge in [0.15, 0.2) is 5.82 Å². The Morgan fingerprint density at radius 3 is 2.50 bits per heavy atom. The van der Waals surface area contributed by atoms with E-state index in [2.05, 4.69) is 34.7 Å². The predicted octanol–water partition coefficient (Wildman–Crippen LogP) is 3.67. The van der Waals surface area contributed by atoms with E-state index in [-0.39, 0.29) is 6.03 Å². The first-order valence-corrected chi connectivity index (χ1v) is 10.0. The van der Waals surface area contributed by atoms with Crippen LogP contribution in [-0.2, 0) is 0 Å². The van der Waals surface area contributed by atoms with Gasteiger partial charge in [0.1, 0.15) is 0 Å². The number of para-hydroxylation sites is 1. The fourth-order valence-corrected chi connectivity index (χ4v) is 3.95. The van der Waals surface area contributed by atoms with Crippen molar-refractivity contribution in [3.63, 3.8) is 0 Å². The maximum atomic E-state index is 13.0. The summed E-state index contributed by atoms with van der Waals surface area (Å²) >= 11 is 0. The van der Waals surface area contributed by atoms with Crippen molar-refractivity contribution in [2.45, 2.75) is 13.8 Å². The number of amides is 1. The molecule has 0 bridgehead atoms. The van der Waals surface area contributed by atoms with Crippen LogP contribution < -0.4 is 9.80 Å². The Bertz CT molecular complexity index is 954. The predicted molar refractivity (Wildman–Crippen MR) is 114 cm³/mol. The molecule has 1 aliphatic rings. The number of pyridine rings is 1. The van der Waals surface area contributed by atoms with E-state index in [1.807, 2.05) is 53.7 Å². The number of fused-ring (bicyclic) bond motifs is 1. The Hall–Kier alpha value is -3.02. The zero-order chi connectivity index (χ0) is 19.5. The number of anilines is 2. The minimum absolute atomic E-state index is 0.0471. The normalized spacial score (nSPS) is 14.5. The molecule has 0 spiro atoms. The van der Waals surface area contributed by atoms with Crippen molar-refractivity contribution in [1.29, 1.82) is 0 Å².